The summed E-state index contributed by atoms with van der Waals surface area (Å²) >= 11 is 0. The number of anilines is 1. The van der Waals surface area contributed by atoms with Gasteiger partial charge in [-0.15, -0.1) is 0 Å². The van der Waals surface area contributed by atoms with Crippen LogP contribution >= 0.6 is 0 Å². The van der Waals surface area contributed by atoms with E-state index in [1.165, 1.54) is 12.0 Å². The number of benzene rings is 2. The Kier molecular flexibility index (Phi) is 6.00. The number of amides is 1. The first-order valence-corrected chi connectivity index (χ1v) is 11.1. The molecule has 2 aromatic carbocycles. The highest BCUT2D eigenvalue weighted by Crippen LogP contribution is 2.45. The quantitative estimate of drug-likeness (QED) is 0.326. The summed E-state index contributed by atoms with van der Waals surface area (Å²) < 4.78 is 5.48. The van der Waals surface area contributed by atoms with E-state index in [1.807, 2.05) is 25.1 Å². The minimum atomic E-state index is -0.836. The summed E-state index contributed by atoms with van der Waals surface area (Å²) in [6, 6.07) is 15.5. The standard InChI is InChI=1S/C28H28N2O4/c1-17-10-11-19(28(2,3)4)16-20(17)25(31)23-24(18-12-14-29-15-13-18)30(27(33)26(23)32)21-8-6-7-9-22(21)34-5/h6-16,24,31H,1-5H3/b25-23+. The number of rotatable bonds is 4. The number of carbonyl (C=O) groups is 2. The van der Waals surface area contributed by atoms with Gasteiger partial charge in [0.25, 0.3) is 11.7 Å². The Labute approximate surface area is 199 Å². The molecule has 1 aliphatic rings. The summed E-state index contributed by atoms with van der Waals surface area (Å²) in [7, 11) is 1.51. The first kappa shape index (κ1) is 23.2. The van der Waals surface area contributed by atoms with Gasteiger partial charge in [0.2, 0.25) is 0 Å². The number of hydrogen-bond donors (Lipinski definition) is 1. The van der Waals surface area contributed by atoms with Gasteiger partial charge in [-0.2, -0.15) is 0 Å². The van der Waals surface area contributed by atoms with E-state index in [2.05, 4.69) is 25.8 Å². The molecule has 3 aromatic rings. The number of ketones is 1. The van der Waals surface area contributed by atoms with Crippen LogP contribution in [0, 0.1) is 6.92 Å². The van der Waals surface area contributed by atoms with Crippen molar-refractivity contribution in [3.63, 3.8) is 0 Å². The Morgan fingerprint density at radius 3 is 2.35 bits per heavy atom. The smallest absolute Gasteiger partial charge is 0.300 e. The Bertz CT molecular complexity index is 1290. The molecule has 1 aromatic heterocycles. The Morgan fingerprint density at radius 2 is 1.71 bits per heavy atom. The average Bonchev–Trinajstić information content (AvgIpc) is 3.09. The predicted octanol–water partition coefficient (Wildman–Crippen LogP) is 5.32. The van der Waals surface area contributed by atoms with E-state index in [0.29, 0.717) is 22.6 Å². The van der Waals surface area contributed by atoms with Gasteiger partial charge in [0.15, 0.2) is 0 Å². The number of hydrogen-bond acceptors (Lipinski definition) is 5. The van der Waals surface area contributed by atoms with Gasteiger partial charge < -0.3 is 9.84 Å². The van der Waals surface area contributed by atoms with Gasteiger partial charge in [-0.25, -0.2) is 0 Å². The first-order valence-electron chi connectivity index (χ1n) is 11.1. The van der Waals surface area contributed by atoms with Crippen molar-refractivity contribution in [3.05, 3.63) is 94.8 Å². The van der Waals surface area contributed by atoms with Gasteiger partial charge >= 0.3 is 0 Å². The molecule has 1 aliphatic heterocycles. The molecule has 1 fully saturated rings. The Hall–Kier alpha value is -3.93. The molecule has 6 nitrogen and oxygen atoms in total. The second-order valence-corrected chi connectivity index (χ2v) is 9.40. The van der Waals surface area contributed by atoms with E-state index in [9.17, 15) is 14.7 Å². The number of aryl methyl sites for hydroxylation is 1. The highest BCUT2D eigenvalue weighted by molar-refractivity contribution is 6.52. The van der Waals surface area contributed by atoms with Gasteiger partial charge in [-0.1, -0.05) is 45.0 Å². The van der Waals surface area contributed by atoms with Gasteiger partial charge in [0.05, 0.1) is 24.4 Å². The second kappa shape index (κ2) is 8.78. The summed E-state index contributed by atoms with van der Waals surface area (Å²) in [6.45, 7) is 8.12. The summed E-state index contributed by atoms with van der Waals surface area (Å²) in [6.07, 6.45) is 3.20. The van der Waals surface area contributed by atoms with Crippen molar-refractivity contribution in [1.29, 1.82) is 0 Å². The number of nitrogens with zero attached hydrogens (tertiary/aromatic N) is 2. The van der Waals surface area contributed by atoms with Crippen molar-refractivity contribution >= 4 is 23.1 Å². The van der Waals surface area contributed by atoms with Crippen LogP contribution in [-0.4, -0.2) is 28.9 Å². The van der Waals surface area contributed by atoms with Gasteiger partial charge in [0.1, 0.15) is 11.5 Å². The minimum Gasteiger partial charge on any atom is -0.507 e. The second-order valence-electron chi connectivity index (χ2n) is 9.40. The zero-order valence-electron chi connectivity index (χ0n) is 20.0. The van der Waals surface area contributed by atoms with E-state index in [1.54, 1.807) is 48.8 Å². The molecule has 174 valence electrons. The van der Waals surface area contributed by atoms with Crippen LogP contribution in [0.3, 0.4) is 0 Å². The van der Waals surface area contributed by atoms with Crippen molar-refractivity contribution in [2.75, 3.05) is 12.0 Å². The number of para-hydroxylation sites is 2. The van der Waals surface area contributed by atoms with Crippen LogP contribution < -0.4 is 9.64 Å². The van der Waals surface area contributed by atoms with E-state index >= 15 is 0 Å². The zero-order valence-corrected chi connectivity index (χ0v) is 20.0. The molecule has 1 atom stereocenters. The lowest BCUT2D eigenvalue weighted by atomic mass is 9.84. The van der Waals surface area contributed by atoms with E-state index in [4.69, 9.17) is 4.74 Å². The fourth-order valence-corrected chi connectivity index (χ4v) is 4.26. The van der Waals surface area contributed by atoms with Gasteiger partial charge in [0, 0.05) is 18.0 Å². The molecule has 1 amide bonds. The fraction of sp³-hybridized carbons (Fsp3) is 0.250. The maximum atomic E-state index is 13.4. The number of aromatic nitrogens is 1. The summed E-state index contributed by atoms with van der Waals surface area (Å²) in [5, 5.41) is 11.5. The lowest BCUT2D eigenvalue weighted by molar-refractivity contribution is -0.132. The van der Waals surface area contributed by atoms with Crippen molar-refractivity contribution < 1.29 is 19.4 Å². The molecule has 0 radical (unpaired) electrons. The van der Waals surface area contributed by atoms with Crippen LogP contribution in [0.25, 0.3) is 5.76 Å². The Morgan fingerprint density at radius 1 is 1.03 bits per heavy atom. The van der Waals surface area contributed by atoms with Crippen LogP contribution in [0.5, 0.6) is 5.75 Å². The normalized spacial score (nSPS) is 17.8. The Balaban J connectivity index is 1.99. The van der Waals surface area contributed by atoms with Crippen LogP contribution in [0.15, 0.2) is 72.6 Å². The van der Waals surface area contributed by atoms with Crippen LogP contribution in [-0.2, 0) is 15.0 Å². The molecule has 0 spiro atoms. The molecular weight excluding hydrogens is 428 g/mol. The molecular formula is C28H28N2O4. The number of aliphatic hydroxyl groups is 1. The number of carbonyl (C=O) groups excluding carboxylic acids is 2. The third-order valence-corrected chi connectivity index (χ3v) is 6.17. The summed E-state index contributed by atoms with van der Waals surface area (Å²) in [4.78, 5) is 32.3. The van der Waals surface area contributed by atoms with Gasteiger partial charge in [-0.05, 0) is 59.4 Å². The third kappa shape index (κ3) is 3.96. The molecule has 0 aliphatic carbocycles. The molecule has 34 heavy (non-hydrogen) atoms. The van der Waals surface area contributed by atoms with E-state index in [-0.39, 0.29) is 16.7 Å². The molecule has 4 rings (SSSR count). The molecule has 1 unspecified atom stereocenters. The van der Waals surface area contributed by atoms with Crippen LogP contribution in [0.1, 0.15) is 49.1 Å². The fourth-order valence-electron chi connectivity index (χ4n) is 4.26. The molecule has 1 N–H and O–H groups in total. The first-order chi connectivity index (χ1) is 16.1. The monoisotopic (exact) mass is 456 g/mol. The van der Waals surface area contributed by atoms with Crippen molar-refractivity contribution in [1.82, 2.24) is 4.98 Å². The molecule has 0 bridgehead atoms. The number of methoxy groups -OCH3 is 1. The number of Topliss-reactive ketones (excluding diaryl/α,β-unsaturated/α-hetero) is 1. The lowest BCUT2D eigenvalue weighted by Crippen LogP contribution is -2.29. The third-order valence-electron chi connectivity index (χ3n) is 6.17. The molecule has 1 saturated heterocycles. The predicted molar refractivity (Wildman–Crippen MR) is 132 cm³/mol. The number of ether oxygens (including phenoxy) is 1. The van der Waals surface area contributed by atoms with Crippen molar-refractivity contribution in [2.45, 2.75) is 39.2 Å². The zero-order chi connectivity index (χ0) is 24.6. The van der Waals surface area contributed by atoms with Crippen molar-refractivity contribution in [2.24, 2.45) is 0 Å². The van der Waals surface area contributed by atoms with Crippen LogP contribution in [0.4, 0.5) is 5.69 Å². The average molecular weight is 457 g/mol. The lowest BCUT2D eigenvalue weighted by Gasteiger charge is -2.27. The maximum Gasteiger partial charge on any atom is 0.300 e. The maximum absolute atomic E-state index is 13.4. The van der Waals surface area contributed by atoms with Gasteiger partial charge in [-0.3, -0.25) is 19.5 Å². The highest BCUT2D eigenvalue weighted by Gasteiger charge is 2.47. The minimum absolute atomic E-state index is 0.0382. The SMILES string of the molecule is COc1ccccc1N1C(=O)C(=O)/C(=C(/O)c2cc(C(C)(C)C)ccc2C)C1c1ccncc1. The number of pyridine rings is 1. The topological polar surface area (TPSA) is 79.7 Å². The largest absolute Gasteiger partial charge is 0.507 e. The van der Waals surface area contributed by atoms with Crippen LogP contribution in [0.2, 0.25) is 0 Å². The molecule has 0 saturated carbocycles. The number of aliphatic hydroxyl groups excluding tert-OH is 1. The summed E-state index contributed by atoms with van der Waals surface area (Å²) in [5.74, 6) is -1.21. The van der Waals surface area contributed by atoms with Crippen molar-refractivity contribution in [3.8, 4) is 5.75 Å². The molecule has 2 heterocycles. The van der Waals surface area contributed by atoms with E-state index < -0.39 is 17.7 Å². The van der Waals surface area contributed by atoms with E-state index in [0.717, 1.165) is 11.1 Å². The summed E-state index contributed by atoms with van der Waals surface area (Å²) in [5.41, 5.74) is 3.35. The highest BCUT2D eigenvalue weighted by atomic mass is 16.5. The molecule has 6 heteroatoms.